The molecule has 0 saturated heterocycles. The lowest BCUT2D eigenvalue weighted by Crippen LogP contribution is -2.33. The smallest absolute Gasteiger partial charge is 0.171 e. The van der Waals surface area contributed by atoms with Crippen molar-refractivity contribution in [3.05, 3.63) is 30.1 Å². The van der Waals surface area contributed by atoms with Gasteiger partial charge < -0.3 is 0 Å². The standard InChI is InChI=1S/C28H52N/c1-3-5-7-9-11-13-14-15-16-18-20-23-28-24-22-26-29(27-28)25-21-19-17-12-10-8-6-4-2/h22,24,26-27H,3-21,23,25H2,1-2H3/q+1. The first kappa shape index (κ1) is 26.2. The van der Waals surface area contributed by atoms with Gasteiger partial charge in [0.1, 0.15) is 6.54 Å². The molecule has 0 fully saturated rings. The van der Waals surface area contributed by atoms with Crippen molar-refractivity contribution in [1.82, 2.24) is 0 Å². The van der Waals surface area contributed by atoms with Gasteiger partial charge in [0.2, 0.25) is 0 Å². The van der Waals surface area contributed by atoms with Gasteiger partial charge in [-0.25, -0.2) is 4.57 Å². The van der Waals surface area contributed by atoms with Crippen LogP contribution in [0.5, 0.6) is 0 Å². The number of rotatable bonds is 21. The summed E-state index contributed by atoms with van der Waals surface area (Å²) in [6, 6.07) is 4.57. The highest BCUT2D eigenvalue weighted by Crippen LogP contribution is 2.13. The van der Waals surface area contributed by atoms with Gasteiger partial charge in [0.25, 0.3) is 0 Å². The number of hydrogen-bond acceptors (Lipinski definition) is 0. The van der Waals surface area contributed by atoms with E-state index in [1.165, 1.54) is 141 Å². The molecule has 1 nitrogen and oxygen atoms in total. The van der Waals surface area contributed by atoms with E-state index in [1.807, 2.05) is 0 Å². The van der Waals surface area contributed by atoms with Crippen molar-refractivity contribution in [1.29, 1.82) is 0 Å². The van der Waals surface area contributed by atoms with Crippen LogP contribution in [0.4, 0.5) is 0 Å². The van der Waals surface area contributed by atoms with E-state index in [0.717, 1.165) is 0 Å². The Morgan fingerprint density at radius 3 is 1.52 bits per heavy atom. The number of hydrogen-bond donors (Lipinski definition) is 0. The molecule has 0 amide bonds. The highest BCUT2D eigenvalue weighted by Gasteiger charge is 2.03. The van der Waals surface area contributed by atoms with Crippen LogP contribution in [-0.4, -0.2) is 0 Å². The molecule has 1 aromatic rings. The number of pyridine rings is 1. The predicted molar refractivity (Wildman–Crippen MR) is 129 cm³/mol. The average molecular weight is 403 g/mol. The molecule has 0 aromatic carbocycles. The molecule has 1 aromatic heterocycles. The third kappa shape index (κ3) is 16.6. The molecule has 0 aliphatic carbocycles. The highest BCUT2D eigenvalue weighted by molar-refractivity contribution is 5.05. The van der Waals surface area contributed by atoms with Gasteiger partial charge in [-0.3, -0.25) is 0 Å². The van der Waals surface area contributed by atoms with Crippen LogP contribution in [0, 0.1) is 0 Å². The summed E-state index contributed by atoms with van der Waals surface area (Å²) < 4.78 is 2.42. The molecule has 168 valence electrons. The molecule has 0 radical (unpaired) electrons. The number of unbranched alkanes of at least 4 members (excludes halogenated alkanes) is 17. The van der Waals surface area contributed by atoms with E-state index in [2.05, 4.69) is 42.9 Å². The van der Waals surface area contributed by atoms with E-state index < -0.39 is 0 Å². The second-order valence-corrected chi connectivity index (χ2v) is 9.21. The van der Waals surface area contributed by atoms with Crippen LogP contribution in [0.15, 0.2) is 24.5 Å². The first-order chi connectivity index (χ1) is 14.4. The summed E-state index contributed by atoms with van der Waals surface area (Å²) in [4.78, 5) is 0. The molecule has 0 unspecified atom stereocenters. The highest BCUT2D eigenvalue weighted by atomic mass is 14.9. The van der Waals surface area contributed by atoms with Gasteiger partial charge in [-0.05, 0) is 25.3 Å². The third-order valence-corrected chi connectivity index (χ3v) is 6.26. The summed E-state index contributed by atoms with van der Waals surface area (Å²) in [7, 11) is 0. The Labute approximate surface area is 183 Å². The summed E-state index contributed by atoms with van der Waals surface area (Å²) in [6.45, 7) is 5.79. The van der Waals surface area contributed by atoms with Crippen molar-refractivity contribution in [3.63, 3.8) is 0 Å². The number of aryl methyl sites for hydroxylation is 2. The van der Waals surface area contributed by atoms with Gasteiger partial charge in [0, 0.05) is 18.1 Å². The Kier molecular flexibility index (Phi) is 18.4. The van der Waals surface area contributed by atoms with Gasteiger partial charge in [0.05, 0.1) is 0 Å². The Morgan fingerprint density at radius 1 is 0.552 bits per heavy atom. The lowest BCUT2D eigenvalue weighted by atomic mass is 10.0. The Balaban J connectivity index is 1.97. The number of nitrogens with zero attached hydrogens (tertiary/aromatic N) is 1. The summed E-state index contributed by atoms with van der Waals surface area (Å²) in [6.07, 6.45) is 32.9. The molecule has 0 aliphatic rings. The largest absolute Gasteiger partial charge is 0.205 e. The van der Waals surface area contributed by atoms with E-state index in [9.17, 15) is 0 Å². The van der Waals surface area contributed by atoms with Crippen LogP contribution < -0.4 is 4.57 Å². The van der Waals surface area contributed by atoms with Crippen molar-refractivity contribution in [2.45, 2.75) is 149 Å². The SMILES string of the molecule is CCCCCCCCCCCCCc1ccc[n+](CCCCCCCCCC)c1. The number of aromatic nitrogens is 1. The van der Waals surface area contributed by atoms with E-state index in [1.54, 1.807) is 0 Å². The lowest BCUT2D eigenvalue weighted by Gasteiger charge is -2.04. The molecule has 1 heteroatoms. The third-order valence-electron chi connectivity index (χ3n) is 6.26. The zero-order valence-corrected chi connectivity index (χ0v) is 20.1. The van der Waals surface area contributed by atoms with E-state index in [4.69, 9.17) is 0 Å². The first-order valence-electron chi connectivity index (χ1n) is 13.3. The van der Waals surface area contributed by atoms with Crippen LogP contribution in [0.2, 0.25) is 0 Å². The van der Waals surface area contributed by atoms with Gasteiger partial charge in [-0.1, -0.05) is 117 Å². The predicted octanol–water partition coefficient (Wildman–Crippen LogP) is 8.97. The van der Waals surface area contributed by atoms with Gasteiger partial charge in [0.15, 0.2) is 12.4 Å². The van der Waals surface area contributed by atoms with Gasteiger partial charge >= 0.3 is 0 Å². The Hall–Kier alpha value is -0.850. The molecule has 1 heterocycles. The second kappa shape index (κ2) is 20.4. The van der Waals surface area contributed by atoms with Crippen LogP contribution in [0.25, 0.3) is 0 Å². The molecule has 0 atom stereocenters. The maximum absolute atomic E-state index is 2.42. The Bertz CT molecular complexity index is 453. The van der Waals surface area contributed by atoms with Crippen molar-refractivity contribution in [3.8, 4) is 0 Å². The monoisotopic (exact) mass is 402 g/mol. The molecule has 1 rings (SSSR count). The van der Waals surface area contributed by atoms with Gasteiger partial charge in [-0.15, -0.1) is 0 Å². The first-order valence-corrected chi connectivity index (χ1v) is 13.3. The van der Waals surface area contributed by atoms with E-state index in [0.29, 0.717) is 0 Å². The normalized spacial score (nSPS) is 11.2. The zero-order valence-electron chi connectivity index (χ0n) is 20.1. The molecule has 0 spiro atoms. The Morgan fingerprint density at radius 2 is 1.00 bits per heavy atom. The minimum atomic E-state index is 1.20. The molecule has 0 N–H and O–H groups in total. The van der Waals surface area contributed by atoms with Crippen molar-refractivity contribution >= 4 is 0 Å². The fourth-order valence-corrected chi connectivity index (χ4v) is 4.28. The quantitative estimate of drug-likeness (QED) is 0.143. The molecule has 0 bridgehead atoms. The van der Waals surface area contributed by atoms with E-state index >= 15 is 0 Å². The summed E-state index contributed by atoms with van der Waals surface area (Å²) in [5, 5.41) is 0. The fourth-order valence-electron chi connectivity index (χ4n) is 4.28. The van der Waals surface area contributed by atoms with Crippen molar-refractivity contribution in [2.75, 3.05) is 0 Å². The fraction of sp³-hybridized carbons (Fsp3) is 0.821. The van der Waals surface area contributed by atoms with Crippen LogP contribution in [0.1, 0.15) is 141 Å². The summed E-state index contributed by atoms with van der Waals surface area (Å²) in [5.74, 6) is 0. The lowest BCUT2D eigenvalue weighted by molar-refractivity contribution is -0.697. The second-order valence-electron chi connectivity index (χ2n) is 9.21. The van der Waals surface area contributed by atoms with E-state index in [-0.39, 0.29) is 0 Å². The average Bonchev–Trinajstić information content (AvgIpc) is 2.74. The van der Waals surface area contributed by atoms with Crippen molar-refractivity contribution < 1.29 is 4.57 Å². The van der Waals surface area contributed by atoms with Crippen LogP contribution >= 0.6 is 0 Å². The van der Waals surface area contributed by atoms with Crippen LogP contribution in [-0.2, 0) is 13.0 Å². The van der Waals surface area contributed by atoms with Crippen LogP contribution in [0.3, 0.4) is 0 Å². The maximum atomic E-state index is 2.42. The summed E-state index contributed by atoms with van der Waals surface area (Å²) >= 11 is 0. The summed E-state index contributed by atoms with van der Waals surface area (Å²) in [5.41, 5.74) is 1.53. The molecular formula is C28H52N+. The molecule has 0 aliphatic heterocycles. The zero-order chi connectivity index (χ0) is 20.8. The minimum Gasteiger partial charge on any atom is -0.205 e. The minimum absolute atomic E-state index is 1.20. The molecule has 0 saturated carbocycles. The maximum Gasteiger partial charge on any atom is 0.171 e. The topological polar surface area (TPSA) is 3.88 Å². The molecular weight excluding hydrogens is 350 g/mol. The molecule has 29 heavy (non-hydrogen) atoms. The van der Waals surface area contributed by atoms with Gasteiger partial charge in [-0.2, -0.15) is 0 Å². The van der Waals surface area contributed by atoms with Crippen molar-refractivity contribution in [2.24, 2.45) is 0 Å².